The lowest BCUT2D eigenvalue weighted by Gasteiger charge is -2.34. The molecule has 1 atom stereocenters. The number of hydrogen-bond acceptors (Lipinski definition) is 3. The van der Waals surface area contributed by atoms with Crippen LogP contribution in [0.4, 0.5) is 10.5 Å². The summed E-state index contributed by atoms with van der Waals surface area (Å²) in [6.07, 6.45) is 1.84. The summed E-state index contributed by atoms with van der Waals surface area (Å²) in [5.74, 6) is 0. The van der Waals surface area contributed by atoms with Crippen LogP contribution in [0.15, 0.2) is 42.5 Å². The molecule has 0 saturated carbocycles. The summed E-state index contributed by atoms with van der Waals surface area (Å²) in [5, 5.41) is 6.03. The lowest BCUT2D eigenvalue weighted by Crippen LogP contribution is -2.46. The smallest absolute Gasteiger partial charge is 0.410 e. The van der Waals surface area contributed by atoms with Crippen molar-refractivity contribution in [3.05, 3.63) is 42.5 Å². The molecule has 0 aliphatic carbocycles. The van der Waals surface area contributed by atoms with Gasteiger partial charge in [0.15, 0.2) is 0 Å². The highest BCUT2D eigenvalue weighted by atomic mass is 16.6. The van der Waals surface area contributed by atoms with Crippen molar-refractivity contribution in [3.63, 3.8) is 0 Å². The molecule has 128 valence electrons. The quantitative estimate of drug-likeness (QED) is 0.873. The van der Waals surface area contributed by atoms with Gasteiger partial charge in [0.25, 0.3) is 0 Å². The minimum Gasteiger partial charge on any atom is -0.444 e. The molecule has 1 saturated heterocycles. The molecule has 0 bridgehead atoms. The molecule has 2 aromatic rings. The molecule has 1 heterocycles. The third-order valence-corrected chi connectivity index (χ3v) is 4.19. The zero-order valence-electron chi connectivity index (χ0n) is 14.7. The van der Waals surface area contributed by atoms with Gasteiger partial charge in [-0.1, -0.05) is 30.3 Å². The number of fused-ring (bicyclic) bond motifs is 1. The minimum absolute atomic E-state index is 0.215. The standard InChI is InChI=1S/C20H26N2O2/c1-20(2,3)24-19(23)22-12-6-9-18(14-22)21-17-11-10-15-7-4-5-8-16(15)13-17/h4-5,7-8,10-11,13,18,21H,6,9,12,14H2,1-3H3/t18-/m0/s1. The second-order valence-corrected chi connectivity index (χ2v) is 7.47. The van der Waals surface area contributed by atoms with Crippen LogP contribution in [0.25, 0.3) is 10.8 Å². The molecule has 1 aliphatic rings. The van der Waals surface area contributed by atoms with Crippen molar-refractivity contribution in [2.45, 2.75) is 45.3 Å². The Bertz CT molecular complexity index is 721. The van der Waals surface area contributed by atoms with E-state index in [9.17, 15) is 4.79 Å². The van der Waals surface area contributed by atoms with E-state index >= 15 is 0 Å². The van der Waals surface area contributed by atoms with E-state index in [1.54, 1.807) is 0 Å². The summed E-state index contributed by atoms with van der Waals surface area (Å²) in [4.78, 5) is 14.1. The molecule has 1 aliphatic heterocycles. The maximum atomic E-state index is 12.3. The molecule has 0 unspecified atom stereocenters. The van der Waals surface area contributed by atoms with Gasteiger partial charge in [-0.3, -0.25) is 0 Å². The molecule has 0 radical (unpaired) electrons. The van der Waals surface area contributed by atoms with Crippen molar-refractivity contribution in [1.82, 2.24) is 4.90 Å². The van der Waals surface area contributed by atoms with Gasteiger partial charge in [0, 0.05) is 24.8 Å². The molecule has 2 aromatic carbocycles. The van der Waals surface area contributed by atoms with Crippen molar-refractivity contribution in [3.8, 4) is 0 Å². The molecule has 24 heavy (non-hydrogen) atoms. The Labute approximate surface area is 143 Å². The van der Waals surface area contributed by atoms with Crippen molar-refractivity contribution < 1.29 is 9.53 Å². The van der Waals surface area contributed by atoms with E-state index in [1.165, 1.54) is 10.8 Å². The second kappa shape index (κ2) is 6.71. The van der Waals surface area contributed by atoms with Crippen molar-refractivity contribution >= 4 is 22.6 Å². The van der Waals surface area contributed by atoms with Crippen LogP contribution >= 0.6 is 0 Å². The second-order valence-electron chi connectivity index (χ2n) is 7.47. The Kier molecular flexibility index (Phi) is 4.65. The number of nitrogens with zero attached hydrogens (tertiary/aromatic N) is 1. The first-order chi connectivity index (χ1) is 11.4. The first-order valence-corrected chi connectivity index (χ1v) is 8.64. The maximum absolute atomic E-state index is 12.3. The van der Waals surface area contributed by atoms with E-state index in [4.69, 9.17) is 4.74 Å². The predicted molar refractivity (Wildman–Crippen MR) is 98.4 cm³/mol. The summed E-state index contributed by atoms with van der Waals surface area (Å²) < 4.78 is 5.49. The number of amides is 1. The number of anilines is 1. The van der Waals surface area contributed by atoms with E-state index in [1.807, 2.05) is 25.7 Å². The molecule has 0 aromatic heterocycles. The highest BCUT2D eigenvalue weighted by Crippen LogP contribution is 2.22. The van der Waals surface area contributed by atoms with Gasteiger partial charge in [-0.2, -0.15) is 0 Å². The van der Waals surface area contributed by atoms with Gasteiger partial charge in [0.1, 0.15) is 5.60 Å². The van der Waals surface area contributed by atoms with Crippen molar-refractivity contribution in [1.29, 1.82) is 0 Å². The summed E-state index contributed by atoms with van der Waals surface area (Å²) in [6, 6.07) is 15.0. The summed E-state index contributed by atoms with van der Waals surface area (Å²) in [6.45, 7) is 7.16. The van der Waals surface area contributed by atoms with Crippen LogP contribution in [0.1, 0.15) is 33.6 Å². The van der Waals surface area contributed by atoms with Crippen LogP contribution < -0.4 is 5.32 Å². The number of rotatable bonds is 2. The van der Waals surface area contributed by atoms with Crippen molar-refractivity contribution in [2.75, 3.05) is 18.4 Å². The van der Waals surface area contributed by atoms with Gasteiger partial charge in [0.05, 0.1) is 0 Å². The first-order valence-electron chi connectivity index (χ1n) is 8.64. The third-order valence-electron chi connectivity index (χ3n) is 4.19. The van der Waals surface area contributed by atoms with Crippen LogP contribution in [-0.2, 0) is 4.74 Å². The average Bonchev–Trinajstić information content (AvgIpc) is 2.53. The van der Waals surface area contributed by atoms with E-state index < -0.39 is 5.60 Å². The molecule has 1 N–H and O–H groups in total. The molecular formula is C20H26N2O2. The Morgan fingerprint density at radius 2 is 1.92 bits per heavy atom. The normalized spacial score (nSPS) is 18.5. The largest absolute Gasteiger partial charge is 0.444 e. The Balaban J connectivity index is 1.65. The average molecular weight is 326 g/mol. The molecular weight excluding hydrogens is 300 g/mol. The number of benzene rings is 2. The van der Waals surface area contributed by atoms with E-state index in [0.29, 0.717) is 6.54 Å². The van der Waals surface area contributed by atoms with E-state index in [-0.39, 0.29) is 12.1 Å². The van der Waals surface area contributed by atoms with E-state index in [2.05, 4.69) is 47.8 Å². The Hall–Kier alpha value is -2.23. The molecule has 1 fully saturated rings. The fraction of sp³-hybridized carbons (Fsp3) is 0.450. The third kappa shape index (κ3) is 4.19. The van der Waals surface area contributed by atoms with Gasteiger partial charge < -0.3 is 15.0 Å². The fourth-order valence-electron chi connectivity index (χ4n) is 3.10. The molecule has 0 spiro atoms. The predicted octanol–water partition coefficient (Wildman–Crippen LogP) is 4.65. The Morgan fingerprint density at radius 3 is 2.67 bits per heavy atom. The molecule has 4 nitrogen and oxygen atoms in total. The van der Waals surface area contributed by atoms with Crippen LogP contribution in [-0.4, -0.2) is 35.7 Å². The van der Waals surface area contributed by atoms with Gasteiger partial charge >= 0.3 is 6.09 Å². The lowest BCUT2D eigenvalue weighted by atomic mass is 10.0. The van der Waals surface area contributed by atoms with Gasteiger partial charge in [-0.25, -0.2) is 4.79 Å². The molecule has 1 amide bonds. The molecule has 3 rings (SSSR count). The number of likely N-dealkylation sites (tertiary alicyclic amines) is 1. The number of ether oxygens (including phenoxy) is 1. The van der Waals surface area contributed by atoms with Gasteiger partial charge in [-0.05, 0) is 56.5 Å². The highest BCUT2D eigenvalue weighted by Gasteiger charge is 2.27. The van der Waals surface area contributed by atoms with Gasteiger partial charge in [-0.15, -0.1) is 0 Å². The maximum Gasteiger partial charge on any atom is 0.410 e. The van der Waals surface area contributed by atoms with Crippen molar-refractivity contribution in [2.24, 2.45) is 0 Å². The summed E-state index contributed by atoms with van der Waals surface area (Å²) >= 11 is 0. The zero-order valence-corrected chi connectivity index (χ0v) is 14.7. The number of nitrogens with one attached hydrogen (secondary N) is 1. The monoisotopic (exact) mass is 326 g/mol. The SMILES string of the molecule is CC(C)(C)OC(=O)N1CCC[C@H](Nc2ccc3ccccc3c2)C1. The van der Waals surface area contributed by atoms with Crippen LogP contribution in [0.5, 0.6) is 0 Å². The molecule has 4 heteroatoms. The lowest BCUT2D eigenvalue weighted by molar-refractivity contribution is 0.0206. The van der Waals surface area contributed by atoms with Crippen LogP contribution in [0, 0.1) is 0 Å². The summed E-state index contributed by atoms with van der Waals surface area (Å²) in [5.41, 5.74) is 0.653. The number of piperidine rings is 1. The van der Waals surface area contributed by atoms with E-state index in [0.717, 1.165) is 25.1 Å². The minimum atomic E-state index is -0.449. The first kappa shape index (κ1) is 16.6. The number of hydrogen-bond donors (Lipinski definition) is 1. The zero-order chi connectivity index (χ0) is 17.2. The highest BCUT2D eigenvalue weighted by molar-refractivity contribution is 5.85. The number of carbonyl (C=O) groups is 1. The fourth-order valence-corrected chi connectivity index (χ4v) is 3.10. The Morgan fingerprint density at radius 1 is 1.17 bits per heavy atom. The number of carbonyl (C=O) groups excluding carboxylic acids is 1. The van der Waals surface area contributed by atoms with Gasteiger partial charge in [0.2, 0.25) is 0 Å². The topological polar surface area (TPSA) is 41.6 Å². The van der Waals surface area contributed by atoms with Crippen LogP contribution in [0.3, 0.4) is 0 Å². The van der Waals surface area contributed by atoms with Crippen LogP contribution in [0.2, 0.25) is 0 Å². The summed E-state index contributed by atoms with van der Waals surface area (Å²) in [7, 11) is 0.